The Kier molecular flexibility index (Phi) is 13.5. The minimum atomic E-state index is -1.39. The van der Waals surface area contributed by atoms with Gasteiger partial charge in [0.05, 0.1) is 12.2 Å². The van der Waals surface area contributed by atoms with E-state index >= 15 is 0 Å². The molecule has 0 aliphatic rings. The summed E-state index contributed by atoms with van der Waals surface area (Å²) in [6, 6.07) is 23.1. The standard InChI is InChI=1S/C35H40FN3O5.Na/c1-22(2)39-30(17-16-28(40)18-29(41)19-31(42)43)32(26-12-14-27(36)15-13-26)33(25-6-4-3-5-7-25)34(39)35(44)38-21-24-10-8-23(20-37)9-11-24;/h3-15,22,28-29,40-41H,16-21,37H2,1-2H3,(H,38,44)(H,42,43);/q;+1/p-1/t28-,29-;/m1./s1. The second kappa shape index (κ2) is 16.8. The monoisotopic (exact) mass is 623 g/mol. The number of aliphatic carboxylic acids is 1. The Morgan fingerprint density at radius 3 is 2.07 bits per heavy atom. The molecule has 0 spiro atoms. The van der Waals surface area contributed by atoms with Gasteiger partial charge in [-0.2, -0.15) is 0 Å². The maximum Gasteiger partial charge on any atom is 1.00 e. The molecule has 0 saturated carbocycles. The van der Waals surface area contributed by atoms with E-state index in [9.17, 15) is 29.3 Å². The van der Waals surface area contributed by atoms with Gasteiger partial charge in [0.2, 0.25) is 0 Å². The molecule has 10 heteroatoms. The van der Waals surface area contributed by atoms with Crippen molar-refractivity contribution >= 4 is 11.9 Å². The third-order valence-corrected chi connectivity index (χ3v) is 7.61. The van der Waals surface area contributed by atoms with Crippen LogP contribution in [0.15, 0.2) is 78.9 Å². The van der Waals surface area contributed by atoms with Crippen LogP contribution >= 0.6 is 0 Å². The summed E-state index contributed by atoms with van der Waals surface area (Å²) in [5.74, 6) is -2.08. The van der Waals surface area contributed by atoms with Crippen LogP contribution in [0, 0.1) is 5.82 Å². The predicted octanol–water partition coefficient (Wildman–Crippen LogP) is 1.12. The zero-order chi connectivity index (χ0) is 31.8. The summed E-state index contributed by atoms with van der Waals surface area (Å²) >= 11 is 0. The number of halogens is 1. The van der Waals surface area contributed by atoms with Gasteiger partial charge in [-0.15, -0.1) is 0 Å². The Morgan fingerprint density at radius 2 is 1.49 bits per heavy atom. The first-order valence-electron chi connectivity index (χ1n) is 14.8. The zero-order valence-electron chi connectivity index (χ0n) is 26.0. The Morgan fingerprint density at radius 1 is 0.889 bits per heavy atom. The molecule has 232 valence electrons. The molecule has 5 N–H and O–H groups in total. The molecule has 0 aliphatic carbocycles. The number of aliphatic hydroxyl groups excluding tert-OH is 2. The van der Waals surface area contributed by atoms with Crippen molar-refractivity contribution in [2.24, 2.45) is 5.73 Å². The summed E-state index contributed by atoms with van der Waals surface area (Å²) in [6.07, 6.45) is -2.46. The van der Waals surface area contributed by atoms with E-state index in [1.165, 1.54) is 12.1 Å². The number of carboxylic acids is 1. The van der Waals surface area contributed by atoms with Gasteiger partial charge in [0.15, 0.2) is 0 Å². The van der Waals surface area contributed by atoms with Gasteiger partial charge in [0.25, 0.3) is 5.91 Å². The summed E-state index contributed by atoms with van der Waals surface area (Å²) in [4.78, 5) is 25.0. The van der Waals surface area contributed by atoms with Crippen molar-refractivity contribution in [2.45, 2.75) is 70.9 Å². The second-order valence-electron chi connectivity index (χ2n) is 11.2. The van der Waals surface area contributed by atoms with Gasteiger partial charge in [0, 0.05) is 48.3 Å². The summed E-state index contributed by atoms with van der Waals surface area (Å²) in [5, 5.41) is 34.8. The summed E-state index contributed by atoms with van der Waals surface area (Å²) in [7, 11) is 0. The molecule has 4 rings (SSSR count). The van der Waals surface area contributed by atoms with E-state index in [4.69, 9.17) is 5.73 Å². The molecule has 4 aromatic rings. The first-order chi connectivity index (χ1) is 21.1. The van der Waals surface area contributed by atoms with Gasteiger partial charge in [0.1, 0.15) is 11.5 Å². The molecule has 45 heavy (non-hydrogen) atoms. The Balaban J connectivity index is 0.00000552. The van der Waals surface area contributed by atoms with Gasteiger partial charge >= 0.3 is 29.6 Å². The molecule has 0 radical (unpaired) electrons. The molecule has 0 fully saturated rings. The maximum absolute atomic E-state index is 14.1. The predicted molar refractivity (Wildman–Crippen MR) is 166 cm³/mol. The van der Waals surface area contributed by atoms with Gasteiger partial charge in [-0.25, -0.2) is 4.39 Å². The van der Waals surface area contributed by atoms with E-state index in [1.54, 1.807) is 12.1 Å². The van der Waals surface area contributed by atoms with Crippen molar-refractivity contribution in [2.75, 3.05) is 0 Å². The number of nitrogens with two attached hydrogens (primary N) is 1. The molecule has 8 nitrogen and oxygen atoms in total. The van der Waals surface area contributed by atoms with Gasteiger partial charge in [-0.3, -0.25) is 4.79 Å². The number of aliphatic hydroxyl groups is 2. The normalized spacial score (nSPS) is 12.4. The number of hydrogen-bond donors (Lipinski definition) is 4. The average Bonchev–Trinajstić information content (AvgIpc) is 3.35. The van der Waals surface area contributed by atoms with Gasteiger partial charge < -0.3 is 35.7 Å². The molecule has 3 aromatic carbocycles. The van der Waals surface area contributed by atoms with Crippen LogP contribution in [0.3, 0.4) is 0 Å². The Bertz CT molecular complexity index is 1560. The maximum atomic E-state index is 14.1. The van der Waals surface area contributed by atoms with Crippen LogP contribution in [0.1, 0.15) is 66.5 Å². The number of amides is 1. The minimum absolute atomic E-state index is 0. The number of carbonyl (C=O) groups is 2. The van der Waals surface area contributed by atoms with E-state index in [0.717, 1.165) is 27.9 Å². The molecule has 1 aromatic heterocycles. The van der Waals surface area contributed by atoms with Gasteiger partial charge in [-0.1, -0.05) is 66.7 Å². The summed E-state index contributed by atoms with van der Waals surface area (Å²) < 4.78 is 16.0. The third-order valence-electron chi connectivity index (χ3n) is 7.61. The molecule has 1 heterocycles. The SMILES string of the molecule is CC(C)n1c(CC[C@@H](O)C[C@@H](O)CC(=O)[O-])c(-c2ccc(F)cc2)c(-c2ccccc2)c1C(=O)NCc1ccc(CN)cc1.[Na+]. The van der Waals surface area contributed by atoms with Crippen molar-refractivity contribution in [3.8, 4) is 22.3 Å². The fourth-order valence-electron chi connectivity index (χ4n) is 5.56. The summed E-state index contributed by atoms with van der Waals surface area (Å²) in [5.41, 5.74) is 11.8. The first-order valence-corrected chi connectivity index (χ1v) is 14.8. The van der Waals surface area contributed by atoms with Crippen molar-refractivity contribution < 1.29 is 58.9 Å². The molecule has 1 amide bonds. The van der Waals surface area contributed by atoms with Crippen LogP contribution in [0.4, 0.5) is 4.39 Å². The van der Waals surface area contributed by atoms with E-state index in [2.05, 4.69) is 5.32 Å². The average molecular weight is 624 g/mol. The smallest absolute Gasteiger partial charge is 0.550 e. The number of nitrogens with zero attached hydrogens (tertiary/aromatic N) is 1. The molecule has 0 bridgehead atoms. The Labute approximate surface area is 285 Å². The van der Waals surface area contributed by atoms with Crippen LogP contribution in [0.5, 0.6) is 0 Å². The fraction of sp³-hybridized carbons (Fsp3) is 0.314. The van der Waals surface area contributed by atoms with Gasteiger partial charge in [-0.05, 0) is 67.5 Å². The van der Waals surface area contributed by atoms with Crippen molar-refractivity contribution in [3.63, 3.8) is 0 Å². The van der Waals surface area contributed by atoms with E-state index < -0.39 is 30.4 Å². The molecular weight excluding hydrogens is 584 g/mol. The fourth-order valence-corrected chi connectivity index (χ4v) is 5.56. The number of carboxylic acid groups (broad SMARTS) is 1. The van der Waals surface area contributed by atoms with Crippen LogP contribution < -0.4 is 45.7 Å². The summed E-state index contributed by atoms with van der Waals surface area (Å²) in [6.45, 7) is 4.65. The van der Waals surface area contributed by atoms with E-state index in [1.807, 2.05) is 73.0 Å². The number of carbonyl (C=O) groups excluding carboxylic acids is 2. The topological polar surface area (TPSA) is 141 Å². The molecule has 0 aliphatic heterocycles. The number of nitrogens with one attached hydrogen (secondary N) is 1. The van der Waals surface area contributed by atoms with Crippen molar-refractivity contribution in [1.29, 1.82) is 0 Å². The van der Waals surface area contributed by atoms with Crippen LogP contribution in [-0.2, 0) is 24.3 Å². The molecular formula is C35H39FN3NaO5. The quantitative estimate of drug-likeness (QED) is 0.155. The number of aromatic nitrogens is 1. The minimum Gasteiger partial charge on any atom is -0.550 e. The zero-order valence-corrected chi connectivity index (χ0v) is 28.0. The van der Waals surface area contributed by atoms with Crippen LogP contribution in [0.2, 0.25) is 0 Å². The van der Waals surface area contributed by atoms with E-state index in [-0.39, 0.29) is 60.9 Å². The number of benzene rings is 3. The Hall–Kier alpha value is -3.31. The molecule has 0 unspecified atom stereocenters. The van der Waals surface area contributed by atoms with Crippen LogP contribution in [0.25, 0.3) is 22.3 Å². The van der Waals surface area contributed by atoms with E-state index in [0.29, 0.717) is 29.8 Å². The van der Waals surface area contributed by atoms with Crippen molar-refractivity contribution in [3.05, 3.63) is 107 Å². The van der Waals surface area contributed by atoms with Crippen molar-refractivity contribution in [1.82, 2.24) is 9.88 Å². The molecule has 0 saturated heterocycles. The van der Waals surface area contributed by atoms with Crippen LogP contribution in [-0.4, -0.2) is 38.9 Å². The third kappa shape index (κ3) is 9.36. The second-order valence-corrected chi connectivity index (χ2v) is 11.2. The first kappa shape index (κ1) is 36.2. The number of hydrogen-bond acceptors (Lipinski definition) is 6. The number of rotatable bonds is 14. The largest absolute Gasteiger partial charge is 1.00 e. The molecule has 2 atom stereocenters.